The lowest BCUT2D eigenvalue weighted by Crippen LogP contribution is -2.43. The number of anilines is 1. The van der Waals surface area contributed by atoms with Crippen LogP contribution in [0.5, 0.6) is 11.6 Å². The molecular weight excluding hydrogens is 330 g/mol. The SMILES string of the molecule is COc1cccc(NC(=O)N2CCCC(COc3cccc(C)n3)C2)c1. The van der Waals surface area contributed by atoms with Gasteiger partial charge in [0.1, 0.15) is 5.75 Å². The highest BCUT2D eigenvalue weighted by Crippen LogP contribution is 2.21. The van der Waals surface area contributed by atoms with Crippen molar-refractivity contribution >= 4 is 11.7 Å². The second-order valence-electron chi connectivity index (χ2n) is 6.54. The summed E-state index contributed by atoms with van der Waals surface area (Å²) in [4.78, 5) is 18.8. The van der Waals surface area contributed by atoms with Crippen LogP contribution in [0, 0.1) is 12.8 Å². The molecule has 6 heteroatoms. The molecule has 1 aliphatic heterocycles. The summed E-state index contributed by atoms with van der Waals surface area (Å²) in [7, 11) is 1.61. The Bertz CT molecular complexity index is 751. The summed E-state index contributed by atoms with van der Waals surface area (Å²) in [6, 6.07) is 13.0. The van der Waals surface area contributed by atoms with E-state index in [1.54, 1.807) is 7.11 Å². The van der Waals surface area contributed by atoms with E-state index in [0.29, 0.717) is 24.9 Å². The highest BCUT2D eigenvalue weighted by molar-refractivity contribution is 5.89. The fourth-order valence-corrected chi connectivity index (χ4v) is 3.09. The maximum Gasteiger partial charge on any atom is 0.321 e. The number of carbonyl (C=O) groups excluding carboxylic acids is 1. The van der Waals surface area contributed by atoms with Crippen molar-refractivity contribution in [2.45, 2.75) is 19.8 Å². The van der Waals surface area contributed by atoms with Gasteiger partial charge in [-0.2, -0.15) is 0 Å². The first-order valence-electron chi connectivity index (χ1n) is 8.90. The molecule has 1 fully saturated rings. The monoisotopic (exact) mass is 355 g/mol. The van der Waals surface area contributed by atoms with Gasteiger partial charge in [0.25, 0.3) is 0 Å². The highest BCUT2D eigenvalue weighted by Gasteiger charge is 2.24. The molecule has 3 rings (SSSR count). The van der Waals surface area contributed by atoms with Gasteiger partial charge in [-0.05, 0) is 38.0 Å². The zero-order valence-corrected chi connectivity index (χ0v) is 15.3. The number of nitrogens with one attached hydrogen (secondary N) is 1. The number of rotatable bonds is 5. The lowest BCUT2D eigenvalue weighted by atomic mass is 9.99. The van der Waals surface area contributed by atoms with E-state index in [2.05, 4.69) is 10.3 Å². The fraction of sp³-hybridized carbons (Fsp3) is 0.400. The summed E-state index contributed by atoms with van der Waals surface area (Å²) in [5, 5.41) is 2.94. The van der Waals surface area contributed by atoms with E-state index >= 15 is 0 Å². The van der Waals surface area contributed by atoms with Gasteiger partial charge < -0.3 is 19.7 Å². The Balaban J connectivity index is 1.53. The quantitative estimate of drug-likeness (QED) is 0.888. The molecule has 0 spiro atoms. The maximum absolute atomic E-state index is 12.6. The Hall–Kier alpha value is -2.76. The molecule has 2 aromatic rings. The average Bonchev–Trinajstić information content (AvgIpc) is 2.67. The third-order valence-electron chi connectivity index (χ3n) is 4.46. The number of amides is 2. The van der Waals surface area contributed by atoms with Crippen molar-refractivity contribution in [1.29, 1.82) is 0 Å². The second-order valence-corrected chi connectivity index (χ2v) is 6.54. The lowest BCUT2D eigenvalue weighted by Gasteiger charge is -2.32. The number of aromatic nitrogens is 1. The number of likely N-dealkylation sites (tertiary alicyclic amines) is 1. The highest BCUT2D eigenvalue weighted by atomic mass is 16.5. The molecule has 6 nitrogen and oxygen atoms in total. The molecule has 0 bridgehead atoms. The largest absolute Gasteiger partial charge is 0.497 e. The number of benzene rings is 1. The molecule has 1 aliphatic rings. The summed E-state index contributed by atoms with van der Waals surface area (Å²) in [5.41, 5.74) is 1.67. The molecule has 0 saturated carbocycles. The fourth-order valence-electron chi connectivity index (χ4n) is 3.09. The Morgan fingerprint density at radius 3 is 2.96 bits per heavy atom. The number of piperidine rings is 1. The predicted molar refractivity (Wildman–Crippen MR) is 101 cm³/mol. The van der Waals surface area contributed by atoms with E-state index < -0.39 is 0 Å². The topological polar surface area (TPSA) is 63.7 Å². The van der Waals surface area contributed by atoms with Crippen molar-refractivity contribution < 1.29 is 14.3 Å². The molecule has 1 aromatic carbocycles. The van der Waals surface area contributed by atoms with Crippen molar-refractivity contribution in [1.82, 2.24) is 9.88 Å². The van der Waals surface area contributed by atoms with Crippen LogP contribution in [0.1, 0.15) is 18.5 Å². The van der Waals surface area contributed by atoms with Gasteiger partial charge in [0.2, 0.25) is 5.88 Å². The molecule has 138 valence electrons. The summed E-state index contributed by atoms with van der Waals surface area (Å²) in [6.07, 6.45) is 2.02. The molecule has 1 saturated heterocycles. The Labute approximate surface area is 154 Å². The Morgan fingerprint density at radius 2 is 2.15 bits per heavy atom. The van der Waals surface area contributed by atoms with Gasteiger partial charge in [0.15, 0.2) is 0 Å². The van der Waals surface area contributed by atoms with E-state index in [1.807, 2.05) is 54.3 Å². The van der Waals surface area contributed by atoms with Crippen LogP contribution in [0.15, 0.2) is 42.5 Å². The van der Waals surface area contributed by atoms with E-state index in [1.165, 1.54) is 0 Å². The van der Waals surface area contributed by atoms with Crippen LogP contribution in [0.25, 0.3) is 0 Å². The molecule has 1 unspecified atom stereocenters. The number of pyridine rings is 1. The number of urea groups is 1. The molecule has 0 radical (unpaired) electrons. The van der Waals surface area contributed by atoms with Crippen LogP contribution in [0.3, 0.4) is 0 Å². The molecule has 0 aliphatic carbocycles. The standard InChI is InChI=1S/C20H25N3O3/c1-15-6-3-10-19(21-15)26-14-16-7-5-11-23(13-16)20(24)22-17-8-4-9-18(12-17)25-2/h3-4,6,8-10,12,16H,5,7,11,13-14H2,1-2H3,(H,22,24). The normalized spacial score (nSPS) is 16.8. The third-order valence-corrected chi connectivity index (χ3v) is 4.46. The minimum absolute atomic E-state index is 0.0865. The van der Waals surface area contributed by atoms with Gasteiger partial charge in [0.05, 0.1) is 13.7 Å². The van der Waals surface area contributed by atoms with Crippen LogP contribution in [0.2, 0.25) is 0 Å². The molecule has 1 aromatic heterocycles. The Morgan fingerprint density at radius 1 is 1.31 bits per heavy atom. The van der Waals surface area contributed by atoms with Gasteiger partial charge in [-0.15, -0.1) is 0 Å². The molecular formula is C20H25N3O3. The first-order chi connectivity index (χ1) is 12.6. The average molecular weight is 355 g/mol. The van der Waals surface area contributed by atoms with Gasteiger partial charge in [-0.3, -0.25) is 0 Å². The van der Waals surface area contributed by atoms with Gasteiger partial charge in [0, 0.05) is 42.5 Å². The van der Waals surface area contributed by atoms with Crippen molar-refractivity contribution in [3.63, 3.8) is 0 Å². The molecule has 1 atom stereocenters. The summed E-state index contributed by atoms with van der Waals surface area (Å²) < 4.78 is 11.0. The minimum Gasteiger partial charge on any atom is -0.497 e. The molecule has 2 amide bonds. The van der Waals surface area contributed by atoms with E-state index in [0.717, 1.165) is 36.5 Å². The first-order valence-corrected chi connectivity index (χ1v) is 8.90. The molecule has 2 heterocycles. The third kappa shape index (κ3) is 4.88. The number of aryl methyl sites for hydroxylation is 1. The van der Waals surface area contributed by atoms with E-state index in [9.17, 15) is 4.79 Å². The first kappa shape index (κ1) is 18.0. The summed E-state index contributed by atoms with van der Waals surface area (Å²) >= 11 is 0. The van der Waals surface area contributed by atoms with Gasteiger partial charge >= 0.3 is 6.03 Å². The van der Waals surface area contributed by atoms with Crippen molar-refractivity contribution in [3.05, 3.63) is 48.2 Å². The number of hydrogen-bond donors (Lipinski definition) is 1. The zero-order valence-electron chi connectivity index (χ0n) is 15.3. The summed E-state index contributed by atoms with van der Waals surface area (Å²) in [6.45, 7) is 3.95. The van der Waals surface area contributed by atoms with Crippen molar-refractivity contribution in [2.75, 3.05) is 32.1 Å². The number of nitrogens with zero attached hydrogens (tertiary/aromatic N) is 2. The van der Waals surface area contributed by atoms with Gasteiger partial charge in [-0.1, -0.05) is 12.1 Å². The summed E-state index contributed by atoms with van der Waals surface area (Å²) in [5.74, 6) is 1.67. The number of ether oxygens (including phenoxy) is 2. The number of hydrogen-bond acceptors (Lipinski definition) is 4. The molecule has 1 N–H and O–H groups in total. The van der Waals surface area contributed by atoms with Gasteiger partial charge in [-0.25, -0.2) is 9.78 Å². The Kier molecular flexibility index (Phi) is 5.94. The zero-order chi connectivity index (χ0) is 18.4. The van der Waals surface area contributed by atoms with Crippen LogP contribution in [-0.4, -0.2) is 42.7 Å². The van der Waals surface area contributed by atoms with Crippen LogP contribution in [0.4, 0.5) is 10.5 Å². The van der Waals surface area contributed by atoms with Crippen molar-refractivity contribution in [2.24, 2.45) is 5.92 Å². The van der Waals surface area contributed by atoms with E-state index in [-0.39, 0.29) is 6.03 Å². The number of methoxy groups -OCH3 is 1. The lowest BCUT2D eigenvalue weighted by molar-refractivity contribution is 0.143. The second kappa shape index (κ2) is 8.56. The van der Waals surface area contributed by atoms with Crippen LogP contribution < -0.4 is 14.8 Å². The smallest absolute Gasteiger partial charge is 0.321 e. The maximum atomic E-state index is 12.6. The predicted octanol–water partition coefficient (Wildman–Crippen LogP) is 3.72. The van der Waals surface area contributed by atoms with Crippen molar-refractivity contribution in [3.8, 4) is 11.6 Å². The van der Waals surface area contributed by atoms with Crippen LogP contribution in [-0.2, 0) is 0 Å². The molecule has 26 heavy (non-hydrogen) atoms. The van der Waals surface area contributed by atoms with Crippen LogP contribution >= 0.6 is 0 Å². The number of carbonyl (C=O) groups is 1. The minimum atomic E-state index is -0.0865. The van der Waals surface area contributed by atoms with E-state index in [4.69, 9.17) is 9.47 Å².